The lowest BCUT2D eigenvalue weighted by atomic mass is 9.92. The highest BCUT2D eigenvalue weighted by atomic mass is 19.4. The molecule has 1 saturated heterocycles. The van der Waals surface area contributed by atoms with Gasteiger partial charge in [0.2, 0.25) is 0 Å². The minimum absolute atomic E-state index is 0.0117. The maximum Gasteiger partial charge on any atom is 0.573 e. The molecular weight excluding hydrogens is 341 g/mol. The van der Waals surface area contributed by atoms with Crippen LogP contribution in [0.3, 0.4) is 0 Å². The number of nitrogens with one attached hydrogen (secondary N) is 1. The number of aryl methyl sites for hydroxylation is 2. The number of ether oxygens (including phenoxy) is 1. The number of rotatable bonds is 4. The molecule has 0 unspecified atom stereocenters. The van der Waals surface area contributed by atoms with Gasteiger partial charge in [0, 0.05) is 26.2 Å². The fourth-order valence-corrected chi connectivity index (χ4v) is 3.51. The van der Waals surface area contributed by atoms with E-state index in [1.54, 1.807) is 12.1 Å². The molecule has 0 radical (unpaired) electrons. The third kappa shape index (κ3) is 4.56. The van der Waals surface area contributed by atoms with E-state index in [4.69, 9.17) is 0 Å². The van der Waals surface area contributed by atoms with Crippen molar-refractivity contribution in [3.05, 3.63) is 64.7 Å². The summed E-state index contributed by atoms with van der Waals surface area (Å²) >= 11 is 0. The van der Waals surface area contributed by atoms with Crippen molar-refractivity contribution in [2.75, 3.05) is 26.2 Å². The average molecular weight is 364 g/mol. The Kier molecular flexibility index (Phi) is 5.53. The molecule has 1 aliphatic rings. The zero-order valence-corrected chi connectivity index (χ0v) is 14.9. The molecule has 6 heteroatoms. The Hall–Kier alpha value is -2.05. The van der Waals surface area contributed by atoms with E-state index >= 15 is 0 Å². The van der Waals surface area contributed by atoms with E-state index in [0.29, 0.717) is 0 Å². The average Bonchev–Trinajstić information content (AvgIpc) is 2.58. The van der Waals surface area contributed by atoms with E-state index in [1.807, 2.05) is 0 Å². The van der Waals surface area contributed by atoms with Gasteiger partial charge in [-0.15, -0.1) is 13.2 Å². The van der Waals surface area contributed by atoms with Gasteiger partial charge in [-0.1, -0.05) is 35.9 Å². The SMILES string of the molecule is Cc1ccc([C@H](c2ccc(OC(F)(F)F)cc2)N2CCNCC2)c(C)c1. The van der Waals surface area contributed by atoms with Crippen molar-refractivity contribution >= 4 is 0 Å². The highest BCUT2D eigenvalue weighted by Crippen LogP contribution is 2.33. The topological polar surface area (TPSA) is 24.5 Å². The minimum Gasteiger partial charge on any atom is -0.406 e. The maximum absolute atomic E-state index is 12.4. The molecule has 0 saturated carbocycles. The van der Waals surface area contributed by atoms with Crippen LogP contribution >= 0.6 is 0 Å². The molecule has 1 heterocycles. The van der Waals surface area contributed by atoms with Crippen LogP contribution in [0.5, 0.6) is 5.75 Å². The van der Waals surface area contributed by atoms with Gasteiger partial charge in [0.25, 0.3) is 0 Å². The molecule has 0 aromatic heterocycles. The summed E-state index contributed by atoms with van der Waals surface area (Å²) in [5, 5.41) is 3.34. The normalized spacial score (nSPS) is 17.1. The number of benzene rings is 2. The van der Waals surface area contributed by atoms with Crippen LogP contribution in [0.25, 0.3) is 0 Å². The number of nitrogens with zero attached hydrogens (tertiary/aromatic N) is 1. The molecule has 26 heavy (non-hydrogen) atoms. The molecule has 1 aliphatic heterocycles. The zero-order chi connectivity index (χ0) is 18.7. The van der Waals surface area contributed by atoms with Gasteiger partial charge in [-0.3, -0.25) is 4.90 Å². The Morgan fingerprint density at radius 2 is 1.65 bits per heavy atom. The molecule has 0 aliphatic carbocycles. The zero-order valence-electron chi connectivity index (χ0n) is 14.9. The third-order valence-electron chi connectivity index (χ3n) is 4.67. The number of hydrogen-bond acceptors (Lipinski definition) is 3. The van der Waals surface area contributed by atoms with Crippen LogP contribution in [-0.2, 0) is 0 Å². The van der Waals surface area contributed by atoms with Crippen molar-refractivity contribution in [3.63, 3.8) is 0 Å². The fourth-order valence-electron chi connectivity index (χ4n) is 3.51. The predicted octanol–water partition coefficient (Wildman–Crippen LogP) is 4.20. The fraction of sp³-hybridized carbons (Fsp3) is 0.400. The minimum atomic E-state index is -4.67. The Balaban J connectivity index is 1.95. The van der Waals surface area contributed by atoms with Crippen molar-refractivity contribution in [2.24, 2.45) is 0 Å². The van der Waals surface area contributed by atoms with Gasteiger partial charge >= 0.3 is 6.36 Å². The summed E-state index contributed by atoms with van der Waals surface area (Å²) < 4.78 is 41.2. The highest BCUT2D eigenvalue weighted by molar-refractivity contribution is 5.40. The van der Waals surface area contributed by atoms with Crippen molar-refractivity contribution in [3.8, 4) is 5.75 Å². The summed E-state index contributed by atoms with van der Waals surface area (Å²) in [6, 6.07) is 12.6. The molecular formula is C20H23F3N2O. The van der Waals surface area contributed by atoms with Crippen LogP contribution in [0.15, 0.2) is 42.5 Å². The van der Waals surface area contributed by atoms with Crippen LogP contribution in [0.2, 0.25) is 0 Å². The van der Waals surface area contributed by atoms with Crippen LogP contribution in [0.4, 0.5) is 13.2 Å². The molecule has 2 aromatic carbocycles. The maximum atomic E-state index is 12.4. The van der Waals surface area contributed by atoms with Crippen LogP contribution in [-0.4, -0.2) is 37.4 Å². The first-order valence-electron chi connectivity index (χ1n) is 8.71. The second-order valence-electron chi connectivity index (χ2n) is 6.67. The Labute approximate surface area is 151 Å². The molecule has 140 valence electrons. The van der Waals surface area contributed by atoms with Gasteiger partial charge in [0.05, 0.1) is 6.04 Å². The van der Waals surface area contributed by atoms with E-state index in [-0.39, 0.29) is 11.8 Å². The predicted molar refractivity (Wildman–Crippen MR) is 95.3 cm³/mol. The Morgan fingerprint density at radius 3 is 2.23 bits per heavy atom. The second kappa shape index (κ2) is 7.68. The van der Waals surface area contributed by atoms with Gasteiger partial charge < -0.3 is 10.1 Å². The Morgan fingerprint density at radius 1 is 1.00 bits per heavy atom. The molecule has 3 nitrogen and oxygen atoms in total. The quantitative estimate of drug-likeness (QED) is 0.880. The molecule has 0 bridgehead atoms. The van der Waals surface area contributed by atoms with E-state index < -0.39 is 6.36 Å². The number of piperazine rings is 1. The van der Waals surface area contributed by atoms with E-state index in [1.165, 1.54) is 28.8 Å². The first kappa shape index (κ1) is 18.7. The van der Waals surface area contributed by atoms with Gasteiger partial charge in [-0.2, -0.15) is 0 Å². The summed E-state index contributed by atoms with van der Waals surface area (Å²) in [7, 11) is 0. The van der Waals surface area contributed by atoms with E-state index in [2.05, 4.69) is 47.0 Å². The van der Waals surface area contributed by atoms with E-state index in [9.17, 15) is 13.2 Å². The van der Waals surface area contributed by atoms with Crippen LogP contribution in [0.1, 0.15) is 28.3 Å². The molecule has 0 spiro atoms. The lowest BCUT2D eigenvalue weighted by Gasteiger charge is -2.36. The number of alkyl halides is 3. The summed E-state index contributed by atoms with van der Waals surface area (Å²) in [4.78, 5) is 2.37. The van der Waals surface area contributed by atoms with Crippen molar-refractivity contribution in [1.29, 1.82) is 0 Å². The molecule has 1 N–H and O–H groups in total. The van der Waals surface area contributed by atoms with Crippen molar-refractivity contribution in [1.82, 2.24) is 10.2 Å². The molecule has 3 rings (SSSR count). The van der Waals surface area contributed by atoms with Gasteiger partial charge in [0.1, 0.15) is 5.75 Å². The molecule has 1 atom stereocenters. The lowest BCUT2D eigenvalue weighted by molar-refractivity contribution is -0.274. The van der Waals surface area contributed by atoms with E-state index in [0.717, 1.165) is 31.7 Å². The van der Waals surface area contributed by atoms with Gasteiger partial charge in [0.15, 0.2) is 0 Å². The molecule has 2 aromatic rings. The smallest absolute Gasteiger partial charge is 0.406 e. The summed E-state index contributed by atoms with van der Waals surface area (Å²) in [6.45, 7) is 7.71. The van der Waals surface area contributed by atoms with Crippen molar-refractivity contribution in [2.45, 2.75) is 26.3 Å². The monoisotopic (exact) mass is 364 g/mol. The molecule has 1 fully saturated rings. The summed E-state index contributed by atoms with van der Waals surface area (Å²) in [6.07, 6.45) is -4.67. The molecule has 0 amide bonds. The highest BCUT2D eigenvalue weighted by Gasteiger charge is 2.31. The first-order chi connectivity index (χ1) is 12.3. The van der Waals surface area contributed by atoms with Crippen LogP contribution < -0.4 is 10.1 Å². The summed E-state index contributed by atoms with van der Waals surface area (Å²) in [5.74, 6) is -0.194. The van der Waals surface area contributed by atoms with Crippen LogP contribution in [0, 0.1) is 13.8 Å². The first-order valence-corrected chi connectivity index (χ1v) is 8.71. The Bertz CT molecular complexity index is 738. The van der Waals surface area contributed by atoms with Crippen molar-refractivity contribution < 1.29 is 17.9 Å². The number of hydrogen-bond donors (Lipinski definition) is 1. The number of halogens is 3. The largest absolute Gasteiger partial charge is 0.573 e. The third-order valence-corrected chi connectivity index (χ3v) is 4.67. The standard InChI is InChI=1S/C20H23F3N2O/c1-14-3-8-18(15(2)13-14)19(25-11-9-24-10-12-25)16-4-6-17(7-5-16)26-20(21,22)23/h3-8,13,19,24H,9-12H2,1-2H3/t19-/m0/s1. The summed E-state index contributed by atoms with van der Waals surface area (Å²) in [5.41, 5.74) is 4.53. The second-order valence-corrected chi connectivity index (χ2v) is 6.67. The van der Waals surface area contributed by atoms with Gasteiger partial charge in [-0.25, -0.2) is 0 Å². The lowest BCUT2D eigenvalue weighted by Crippen LogP contribution is -2.45. The van der Waals surface area contributed by atoms with Gasteiger partial charge in [-0.05, 0) is 42.7 Å².